The monoisotopic (exact) mass is 371 g/mol. The van der Waals surface area contributed by atoms with Crippen LogP contribution in [0.3, 0.4) is 0 Å². The SMILES string of the molecule is COc1ccc(C(C)=NNC(=O)COc2ccc(C)c(C)c2)cc1[N+](=O)[O-]. The number of methoxy groups -OCH3 is 1. The Balaban J connectivity index is 2.00. The quantitative estimate of drug-likeness (QED) is 0.457. The second kappa shape index (κ2) is 8.79. The number of nitro benzene ring substituents is 1. The highest BCUT2D eigenvalue weighted by atomic mass is 16.6. The fraction of sp³-hybridized carbons (Fsp3) is 0.263. The number of nitro groups is 1. The summed E-state index contributed by atoms with van der Waals surface area (Å²) in [7, 11) is 1.36. The molecular weight excluding hydrogens is 350 g/mol. The zero-order chi connectivity index (χ0) is 20.0. The van der Waals surface area contributed by atoms with Crippen LogP contribution in [0.1, 0.15) is 23.6 Å². The van der Waals surface area contributed by atoms with Crippen molar-refractivity contribution in [2.75, 3.05) is 13.7 Å². The predicted octanol–water partition coefficient (Wildman–Crippen LogP) is 3.14. The minimum Gasteiger partial charge on any atom is -0.490 e. The van der Waals surface area contributed by atoms with Crippen LogP contribution < -0.4 is 14.9 Å². The molecule has 2 aromatic carbocycles. The van der Waals surface area contributed by atoms with Crippen LogP contribution in [0.15, 0.2) is 41.5 Å². The summed E-state index contributed by atoms with van der Waals surface area (Å²) in [5.41, 5.74) is 5.33. The summed E-state index contributed by atoms with van der Waals surface area (Å²) in [4.78, 5) is 22.5. The van der Waals surface area contributed by atoms with E-state index in [2.05, 4.69) is 10.5 Å². The molecule has 2 rings (SSSR count). The molecule has 0 aromatic heterocycles. The molecule has 0 aliphatic rings. The maximum atomic E-state index is 11.9. The van der Waals surface area contributed by atoms with E-state index in [-0.39, 0.29) is 18.0 Å². The molecule has 0 saturated carbocycles. The minimum absolute atomic E-state index is 0.155. The average molecular weight is 371 g/mol. The molecule has 0 saturated heterocycles. The van der Waals surface area contributed by atoms with Gasteiger partial charge in [-0.05, 0) is 56.2 Å². The number of hydrogen-bond acceptors (Lipinski definition) is 6. The molecule has 1 N–H and O–H groups in total. The first-order valence-corrected chi connectivity index (χ1v) is 8.17. The van der Waals surface area contributed by atoms with Crippen LogP contribution in [0, 0.1) is 24.0 Å². The first-order valence-electron chi connectivity index (χ1n) is 8.17. The van der Waals surface area contributed by atoms with Gasteiger partial charge in [-0.3, -0.25) is 14.9 Å². The summed E-state index contributed by atoms with van der Waals surface area (Å²) in [5, 5.41) is 15.1. The minimum atomic E-state index is -0.536. The molecule has 1 amide bonds. The number of carbonyl (C=O) groups is 1. The summed E-state index contributed by atoms with van der Waals surface area (Å²) in [6, 6.07) is 10.0. The van der Waals surface area contributed by atoms with Gasteiger partial charge in [0.15, 0.2) is 12.4 Å². The summed E-state index contributed by atoms with van der Waals surface area (Å²) in [6.07, 6.45) is 0. The number of carbonyl (C=O) groups excluding carboxylic acids is 1. The number of amides is 1. The standard InChI is InChI=1S/C19H21N3O5/c1-12-5-7-16(9-13(12)2)27-11-19(23)21-20-14(3)15-6-8-18(26-4)17(10-15)22(24)25/h5-10H,11H2,1-4H3,(H,21,23). The molecule has 0 fully saturated rings. The van der Waals surface area contributed by atoms with Gasteiger partial charge in [-0.25, -0.2) is 5.43 Å². The van der Waals surface area contributed by atoms with Crippen molar-refractivity contribution in [3.8, 4) is 11.5 Å². The van der Waals surface area contributed by atoms with Gasteiger partial charge in [0, 0.05) is 11.6 Å². The topological polar surface area (TPSA) is 103 Å². The lowest BCUT2D eigenvalue weighted by molar-refractivity contribution is -0.385. The van der Waals surface area contributed by atoms with E-state index in [4.69, 9.17) is 9.47 Å². The van der Waals surface area contributed by atoms with Gasteiger partial charge in [0.05, 0.1) is 17.7 Å². The third-order valence-electron chi connectivity index (χ3n) is 3.99. The van der Waals surface area contributed by atoms with Crippen molar-refractivity contribution in [2.24, 2.45) is 5.10 Å². The van der Waals surface area contributed by atoms with Gasteiger partial charge in [0.2, 0.25) is 0 Å². The molecular formula is C19H21N3O5. The fourth-order valence-electron chi connectivity index (χ4n) is 2.25. The second-order valence-corrected chi connectivity index (χ2v) is 5.91. The van der Waals surface area contributed by atoms with Crippen LogP contribution in [-0.2, 0) is 4.79 Å². The predicted molar refractivity (Wildman–Crippen MR) is 101 cm³/mol. The number of nitrogens with one attached hydrogen (secondary N) is 1. The largest absolute Gasteiger partial charge is 0.490 e. The van der Waals surface area contributed by atoms with E-state index in [9.17, 15) is 14.9 Å². The second-order valence-electron chi connectivity index (χ2n) is 5.91. The van der Waals surface area contributed by atoms with Crippen molar-refractivity contribution in [2.45, 2.75) is 20.8 Å². The normalized spacial score (nSPS) is 11.0. The number of ether oxygens (including phenoxy) is 2. The summed E-state index contributed by atoms with van der Waals surface area (Å²) in [6.45, 7) is 5.40. The maximum absolute atomic E-state index is 11.9. The zero-order valence-electron chi connectivity index (χ0n) is 15.6. The number of hydrogen-bond donors (Lipinski definition) is 1. The van der Waals surface area contributed by atoms with Crippen molar-refractivity contribution < 1.29 is 19.2 Å². The van der Waals surface area contributed by atoms with E-state index < -0.39 is 10.8 Å². The van der Waals surface area contributed by atoms with Crippen LogP contribution in [0.5, 0.6) is 11.5 Å². The highest BCUT2D eigenvalue weighted by Crippen LogP contribution is 2.27. The lowest BCUT2D eigenvalue weighted by Gasteiger charge is -2.08. The van der Waals surface area contributed by atoms with Crippen molar-refractivity contribution >= 4 is 17.3 Å². The van der Waals surface area contributed by atoms with E-state index in [0.29, 0.717) is 17.0 Å². The molecule has 0 unspecified atom stereocenters. The van der Waals surface area contributed by atoms with Gasteiger partial charge in [0.1, 0.15) is 5.75 Å². The number of hydrazone groups is 1. The smallest absolute Gasteiger partial charge is 0.311 e. The lowest BCUT2D eigenvalue weighted by Crippen LogP contribution is -2.25. The lowest BCUT2D eigenvalue weighted by atomic mass is 10.1. The first-order chi connectivity index (χ1) is 12.8. The zero-order valence-corrected chi connectivity index (χ0v) is 15.6. The number of aryl methyl sites for hydroxylation is 2. The van der Waals surface area contributed by atoms with Crippen LogP contribution >= 0.6 is 0 Å². The average Bonchev–Trinajstić information content (AvgIpc) is 2.66. The summed E-state index contributed by atoms with van der Waals surface area (Å²) in [5.74, 6) is 0.317. The maximum Gasteiger partial charge on any atom is 0.311 e. The molecule has 142 valence electrons. The Kier molecular flexibility index (Phi) is 6.48. The summed E-state index contributed by atoms with van der Waals surface area (Å²) < 4.78 is 10.4. The first kappa shape index (κ1) is 19.9. The molecule has 0 aliphatic carbocycles. The van der Waals surface area contributed by atoms with Crippen LogP contribution in [0.25, 0.3) is 0 Å². The van der Waals surface area contributed by atoms with Gasteiger partial charge in [-0.1, -0.05) is 6.07 Å². The molecule has 27 heavy (non-hydrogen) atoms. The molecule has 0 aliphatic heterocycles. The van der Waals surface area contributed by atoms with E-state index in [1.165, 1.54) is 19.2 Å². The van der Waals surface area contributed by atoms with Crippen molar-refractivity contribution in [1.82, 2.24) is 5.43 Å². The van der Waals surface area contributed by atoms with Gasteiger partial charge in [0.25, 0.3) is 5.91 Å². The third-order valence-corrected chi connectivity index (χ3v) is 3.99. The van der Waals surface area contributed by atoms with Crippen LogP contribution in [0.4, 0.5) is 5.69 Å². The Hall–Kier alpha value is -3.42. The van der Waals surface area contributed by atoms with Crippen LogP contribution in [-0.4, -0.2) is 30.3 Å². The molecule has 0 spiro atoms. The summed E-state index contributed by atoms with van der Waals surface area (Å²) >= 11 is 0. The Morgan fingerprint density at radius 2 is 1.93 bits per heavy atom. The molecule has 0 heterocycles. The molecule has 0 radical (unpaired) electrons. The third kappa shape index (κ3) is 5.27. The molecule has 0 atom stereocenters. The van der Waals surface area contributed by atoms with E-state index in [1.807, 2.05) is 26.0 Å². The van der Waals surface area contributed by atoms with Gasteiger partial charge >= 0.3 is 5.69 Å². The van der Waals surface area contributed by atoms with Gasteiger partial charge < -0.3 is 9.47 Å². The molecule has 2 aromatic rings. The Morgan fingerprint density at radius 1 is 1.19 bits per heavy atom. The number of benzene rings is 2. The Morgan fingerprint density at radius 3 is 2.56 bits per heavy atom. The van der Waals surface area contributed by atoms with Crippen LogP contribution in [0.2, 0.25) is 0 Å². The fourth-order valence-corrected chi connectivity index (χ4v) is 2.25. The van der Waals surface area contributed by atoms with Gasteiger partial charge in [-0.2, -0.15) is 5.10 Å². The molecule has 8 heteroatoms. The van der Waals surface area contributed by atoms with Crippen molar-refractivity contribution in [1.29, 1.82) is 0 Å². The highest BCUT2D eigenvalue weighted by Gasteiger charge is 2.16. The van der Waals surface area contributed by atoms with Crippen molar-refractivity contribution in [3.05, 3.63) is 63.2 Å². The van der Waals surface area contributed by atoms with E-state index in [0.717, 1.165) is 11.1 Å². The Labute approximate surface area is 157 Å². The highest BCUT2D eigenvalue weighted by molar-refractivity contribution is 6.00. The molecule has 0 bridgehead atoms. The molecule has 8 nitrogen and oxygen atoms in total. The van der Waals surface area contributed by atoms with Crippen molar-refractivity contribution in [3.63, 3.8) is 0 Å². The Bertz CT molecular complexity index is 893. The number of rotatable bonds is 7. The van der Waals surface area contributed by atoms with E-state index in [1.54, 1.807) is 19.1 Å². The van der Waals surface area contributed by atoms with E-state index >= 15 is 0 Å². The van der Waals surface area contributed by atoms with Gasteiger partial charge in [-0.15, -0.1) is 0 Å². The number of nitrogens with zero attached hydrogens (tertiary/aromatic N) is 2.